The first kappa shape index (κ1) is 20.3. The summed E-state index contributed by atoms with van der Waals surface area (Å²) in [5.41, 5.74) is 4.40. The molecular formula is C21H26N2O4. The fourth-order valence-corrected chi connectivity index (χ4v) is 2.43. The number of methoxy groups -OCH3 is 2. The van der Waals surface area contributed by atoms with E-state index >= 15 is 0 Å². The highest BCUT2D eigenvalue weighted by atomic mass is 16.5. The minimum Gasteiger partial charge on any atom is -0.497 e. The molecule has 2 aromatic carbocycles. The highest BCUT2D eigenvalue weighted by Crippen LogP contribution is 2.22. The van der Waals surface area contributed by atoms with Crippen LogP contribution in [0.3, 0.4) is 0 Å². The van der Waals surface area contributed by atoms with E-state index in [0.29, 0.717) is 22.8 Å². The Kier molecular flexibility index (Phi) is 8.16. The lowest BCUT2D eigenvalue weighted by Crippen LogP contribution is -2.24. The molecule has 0 radical (unpaired) electrons. The maximum Gasteiger partial charge on any atom is 0.277 e. The molecule has 1 amide bonds. The maximum atomic E-state index is 11.9. The van der Waals surface area contributed by atoms with Crippen LogP contribution in [0.25, 0.3) is 0 Å². The molecule has 0 unspecified atom stereocenters. The number of aryl methyl sites for hydroxylation is 1. The van der Waals surface area contributed by atoms with Crippen molar-refractivity contribution in [3.8, 4) is 17.2 Å². The van der Waals surface area contributed by atoms with Crippen LogP contribution in [0.15, 0.2) is 47.6 Å². The Morgan fingerprint density at radius 1 is 1.07 bits per heavy atom. The first-order valence-corrected chi connectivity index (χ1v) is 8.92. The van der Waals surface area contributed by atoms with Crippen molar-refractivity contribution in [2.45, 2.75) is 26.2 Å². The molecule has 0 aliphatic heterocycles. The van der Waals surface area contributed by atoms with Crippen molar-refractivity contribution in [2.24, 2.45) is 5.10 Å². The van der Waals surface area contributed by atoms with E-state index < -0.39 is 0 Å². The number of nitrogens with one attached hydrogen (secondary N) is 1. The average molecular weight is 370 g/mol. The molecule has 2 aromatic rings. The summed E-state index contributed by atoms with van der Waals surface area (Å²) in [5, 5.41) is 3.95. The van der Waals surface area contributed by atoms with Gasteiger partial charge >= 0.3 is 0 Å². The lowest BCUT2D eigenvalue weighted by Gasteiger charge is -2.07. The Balaban J connectivity index is 1.83. The van der Waals surface area contributed by atoms with E-state index in [0.717, 1.165) is 6.42 Å². The van der Waals surface area contributed by atoms with Crippen LogP contribution in [0.4, 0.5) is 0 Å². The highest BCUT2D eigenvalue weighted by molar-refractivity contribution is 5.86. The monoisotopic (exact) mass is 370 g/mol. The van der Waals surface area contributed by atoms with Crippen molar-refractivity contribution in [1.82, 2.24) is 5.43 Å². The lowest BCUT2D eigenvalue weighted by molar-refractivity contribution is -0.123. The van der Waals surface area contributed by atoms with Gasteiger partial charge in [0.2, 0.25) is 0 Å². The fraction of sp³-hybridized carbons (Fsp3) is 0.333. The first-order chi connectivity index (χ1) is 13.2. The second-order valence-electron chi connectivity index (χ2n) is 5.94. The van der Waals surface area contributed by atoms with Gasteiger partial charge in [-0.25, -0.2) is 5.43 Å². The summed E-state index contributed by atoms with van der Waals surface area (Å²) in [6.07, 6.45) is 4.89. The Labute approximate surface area is 160 Å². The first-order valence-electron chi connectivity index (χ1n) is 8.92. The number of hydrogen-bond acceptors (Lipinski definition) is 5. The van der Waals surface area contributed by atoms with Gasteiger partial charge in [-0.3, -0.25) is 4.79 Å². The molecule has 0 bridgehead atoms. The Hall–Kier alpha value is -3.02. The van der Waals surface area contributed by atoms with Crippen molar-refractivity contribution >= 4 is 12.1 Å². The number of carbonyl (C=O) groups excluding carboxylic acids is 1. The minimum absolute atomic E-state index is 0.110. The third kappa shape index (κ3) is 6.66. The van der Waals surface area contributed by atoms with Gasteiger partial charge in [0.05, 0.1) is 20.4 Å². The molecule has 0 fully saturated rings. The fourth-order valence-electron chi connectivity index (χ4n) is 2.43. The summed E-state index contributed by atoms with van der Waals surface area (Å²) < 4.78 is 15.9. The van der Waals surface area contributed by atoms with E-state index in [4.69, 9.17) is 14.2 Å². The predicted octanol–water partition coefficient (Wildman–Crippen LogP) is 3.58. The standard InChI is InChI=1S/C21H26N2O4/c1-4-5-6-16-7-9-18(10-8-16)27-15-21(24)23-22-14-17-13-19(25-2)11-12-20(17)26-3/h7-14H,4-6,15H2,1-3H3,(H,23,24)/b22-14-. The zero-order valence-corrected chi connectivity index (χ0v) is 16.0. The van der Waals surface area contributed by atoms with Crippen LogP contribution >= 0.6 is 0 Å². The van der Waals surface area contributed by atoms with Crippen molar-refractivity contribution in [1.29, 1.82) is 0 Å². The van der Waals surface area contributed by atoms with Crippen molar-refractivity contribution in [3.63, 3.8) is 0 Å². The van der Waals surface area contributed by atoms with Crippen LogP contribution in [-0.2, 0) is 11.2 Å². The molecule has 6 nitrogen and oxygen atoms in total. The van der Waals surface area contributed by atoms with Crippen LogP contribution < -0.4 is 19.6 Å². The molecule has 0 aliphatic carbocycles. The average Bonchev–Trinajstić information content (AvgIpc) is 2.71. The summed E-state index contributed by atoms with van der Waals surface area (Å²) >= 11 is 0. The van der Waals surface area contributed by atoms with Crippen LogP contribution in [0.2, 0.25) is 0 Å². The number of ether oxygens (including phenoxy) is 3. The molecule has 0 aliphatic rings. The lowest BCUT2D eigenvalue weighted by atomic mass is 10.1. The molecule has 0 saturated heterocycles. The third-order valence-electron chi connectivity index (χ3n) is 3.94. The highest BCUT2D eigenvalue weighted by Gasteiger charge is 2.04. The predicted molar refractivity (Wildman–Crippen MR) is 106 cm³/mol. The number of amides is 1. The summed E-state index contributed by atoms with van der Waals surface area (Å²) in [6, 6.07) is 13.1. The van der Waals surface area contributed by atoms with E-state index in [1.165, 1.54) is 24.6 Å². The molecule has 1 N–H and O–H groups in total. The number of hydrazone groups is 1. The molecule has 144 valence electrons. The number of carbonyl (C=O) groups is 1. The van der Waals surface area contributed by atoms with Crippen LogP contribution in [-0.4, -0.2) is 32.9 Å². The third-order valence-corrected chi connectivity index (χ3v) is 3.94. The second-order valence-corrected chi connectivity index (χ2v) is 5.94. The zero-order valence-electron chi connectivity index (χ0n) is 16.0. The maximum absolute atomic E-state index is 11.9. The van der Waals surface area contributed by atoms with E-state index in [2.05, 4.69) is 17.5 Å². The van der Waals surface area contributed by atoms with Crippen molar-refractivity contribution < 1.29 is 19.0 Å². The van der Waals surface area contributed by atoms with Gasteiger partial charge in [0.25, 0.3) is 5.91 Å². The molecule has 0 aromatic heterocycles. The molecule has 0 spiro atoms. The summed E-state index contributed by atoms with van der Waals surface area (Å²) in [6.45, 7) is 2.06. The molecule has 27 heavy (non-hydrogen) atoms. The van der Waals surface area contributed by atoms with Crippen molar-refractivity contribution in [3.05, 3.63) is 53.6 Å². The quantitative estimate of drug-likeness (QED) is 0.513. The normalized spacial score (nSPS) is 10.6. The Morgan fingerprint density at radius 2 is 1.81 bits per heavy atom. The number of unbranched alkanes of at least 4 members (excludes halogenated alkanes) is 1. The smallest absolute Gasteiger partial charge is 0.277 e. The minimum atomic E-state index is -0.344. The molecule has 6 heteroatoms. The van der Waals surface area contributed by atoms with Gasteiger partial charge in [-0.2, -0.15) is 5.10 Å². The number of hydrogen-bond donors (Lipinski definition) is 1. The van der Waals surface area contributed by atoms with E-state index in [1.54, 1.807) is 32.4 Å². The Morgan fingerprint density at radius 3 is 2.48 bits per heavy atom. The number of rotatable bonds is 10. The summed E-state index contributed by atoms with van der Waals surface area (Å²) in [4.78, 5) is 11.9. The van der Waals surface area contributed by atoms with Gasteiger partial charge in [0, 0.05) is 5.56 Å². The SMILES string of the molecule is CCCCc1ccc(OCC(=O)N/N=C\c2cc(OC)ccc2OC)cc1. The van der Waals surface area contributed by atoms with Crippen LogP contribution in [0, 0.1) is 0 Å². The van der Waals surface area contributed by atoms with Gasteiger partial charge in [-0.05, 0) is 48.7 Å². The second kappa shape index (κ2) is 10.9. The van der Waals surface area contributed by atoms with Gasteiger partial charge in [0.1, 0.15) is 17.2 Å². The molecule has 0 heterocycles. The number of nitrogens with zero attached hydrogens (tertiary/aromatic N) is 1. The molecule has 2 rings (SSSR count). The van der Waals surface area contributed by atoms with Gasteiger partial charge in [0.15, 0.2) is 6.61 Å². The van der Waals surface area contributed by atoms with Crippen LogP contribution in [0.5, 0.6) is 17.2 Å². The van der Waals surface area contributed by atoms with Gasteiger partial charge in [-0.15, -0.1) is 0 Å². The molecule has 0 atom stereocenters. The molecular weight excluding hydrogens is 344 g/mol. The van der Waals surface area contributed by atoms with Gasteiger partial charge < -0.3 is 14.2 Å². The molecule has 0 saturated carbocycles. The largest absolute Gasteiger partial charge is 0.497 e. The Bertz CT molecular complexity index is 757. The van der Waals surface area contributed by atoms with Gasteiger partial charge in [-0.1, -0.05) is 25.5 Å². The topological polar surface area (TPSA) is 69.2 Å². The van der Waals surface area contributed by atoms with E-state index in [9.17, 15) is 4.79 Å². The van der Waals surface area contributed by atoms with Crippen molar-refractivity contribution in [2.75, 3.05) is 20.8 Å². The summed E-state index contributed by atoms with van der Waals surface area (Å²) in [7, 11) is 3.15. The zero-order chi connectivity index (χ0) is 19.5. The number of benzene rings is 2. The van der Waals surface area contributed by atoms with E-state index in [1.807, 2.05) is 24.3 Å². The summed E-state index contributed by atoms with van der Waals surface area (Å²) in [5.74, 6) is 1.62. The van der Waals surface area contributed by atoms with Crippen LogP contribution in [0.1, 0.15) is 30.9 Å². The van der Waals surface area contributed by atoms with E-state index in [-0.39, 0.29) is 12.5 Å².